The van der Waals surface area contributed by atoms with Gasteiger partial charge in [0.15, 0.2) is 6.04 Å². The molecule has 0 saturated carbocycles. The molecular formula is C14H24NO2+. The van der Waals surface area contributed by atoms with Crippen LogP contribution in [0.5, 0.6) is 0 Å². The second-order valence-electron chi connectivity index (χ2n) is 4.76. The molecule has 0 unspecified atom stereocenters. The molecule has 1 aliphatic rings. The molecule has 0 radical (unpaired) electrons. The summed E-state index contributed by atoms with van der Waals surface area (Å²) in [5, 5.41) is 0. The van der Waals surface area contributed by atoms with E-state index in [4.69, 9.17) is 4.74 Å². The highest BCUT2D eigenvalue weighted by Gasteiger charge is 2.41. The summed E-state index contributed by atoms with van der Waals surface area (Å²) in [6.45, 7) is 10.5. The van der Waals surface area contributed by atoms with Crippen LogP contribution in [0, 0.1) is 0 Å². The van der Waals surface area contributed by atoms with E-state index in [0.29, 0.717) is 6.42 Å². The van der Waals surface area contributed by atoms with Crippen molar-refractivity contribution in [3.63, 3.8) is 0 Å². The van der Waals surface area contributed by atoms with Crippen molar-refractivity contribution in [3.8, 4) is 0 Å². The van der Waals surface area contributed by atoms with Crippen LogP contribution in [0.2, 0.25) is 0 Å². The molecule has 1 aliphatic heterocycles. The topological polar surface area (TPSA) is 26.3 Å². The molecule has 0 N–H and O–H groups in total. The minimum Gasteiger partial charge on any atom is -0.465 e. The Kier molecular flexibility index (Phi) is 5.42. The fraction of sp³-hybridized carbons (Fsp3) is 0.643. The molecule has 96 valence electrons. The van der Waals surface area contributed by atoms with Gasteiger partial charge in [0.2, 0.25) is 0 Å². The molecule has 1 atom stereocenters. The number of rotatable bonds is 6. The van der Waals surface area contributed by atoms with Gasteiger partial charge in [-0.15, -0.1) is 6.58 Å². The first-order valence-corrected chi connectivity index (χ1v) is 6.35. The number of esters is 1. The summed E-state index contributed by atoms with van der Waals surface area (Å²) in [5.74, 6) is -0.117. The van der Waals surface area contributed by atoms with E-state index in [1.54, 1.807) is 0 Å². The van der Waals surface area contributed by atoms with Crippen molar-refractivity contribution in [3.05, 3.63) is 25.3 Å². The lowest BCUT2D eigenvalue weighted by Crippen LogP contribution is -2.61. The first-order valence-electron chi connectivity index (χ1n) is 6.35. The molecule has 0 amide bonds. The zero-order valence-corrected chi connectivity index (χ0v) is 10.9. The van der Waals surface area contributed by atoms with Crippen LogP contribution in [0.15, 0.2) is 25.3 Å². The lowest BCUT2D eigenvalue weighted by atomic mass is 10.0. The van der Waals surface area contributed by atoms with E-state index >= 15 is 0 Å². The van der Waals surface area contributed by atoms with E-state index in [9.17, 15) is 4.79 Å². The standard InChI is InChI=1S/C14H24NO2/c1-4-9-13(14(16)17-3)15(10-5-2)11-7-6-8-12-15/h4-5,13H,1-2,6-12H2,3H3/q+1/t13-/m0/s1. The zero-order chi connectivity index (χ0) is 12.7. The Balaban J connectivity index is 2.93. The van der Waals surface area contributed by atoms with Gasteiger partial charge < -0.3 is 9.22 Å². The lowest BCUT2D eigenvalue weighted by molar-refractivity contribution is -0.942. The summed E-state index contributed by atoms with van der Waals surface area (Å²) < 4.78 is 5.75. The van der Waals surface area contributed by atoms with Gasteiger partial charge in [0.05, 0.1) is 26.7 Å². The third-order valence-corrected chi connectivity index (χ3v) is 3.72. The van der Waals surface area contributed by atoms with E-state index in [-0.39, 0.29) is 12.0 Å². The number of piperidine rings is 1. The van der Waals surface area contributed by atoms with Gasteiger partial charge in [-0.05, 0) is 25.3 Å². The molecular weight excluding hydrogens is 214 g/mol. The largest absolute Gasteiger partial charge is 0.465 e. The number of hydrogen-bond acceptors (Lipinski definition) is 2. The highest BCUT2D eigenvalue weighted by Crippen LogP contribution is 2.26. The molecule has 1 rings (SSSR count). The Morgan fingerprint density at radius 3 is 2.41 bits per heavy atom. The van der Waals surface area contributed by atoms with Crippen LogP contribution in [0.1, 0.15) is 25.7 Å². The van der Waals surface area contributed by atoms with Crippen LogP contribution >= 0.6 is 0 Å². The highest BCUT2D eigenvalue weighted by molar-refractivity contribution is 5.74. The van der Waals surface area contributed by atoms with E-state index in [0.717, 1.165) is 24.1 Å². The van der Waals surface area contributed by atoms with Crippen LogP contribution in [0.4, 0.5) is 0 Å². The summed E-state index contributed by atoms with van der Waals surface area (Å²) in [4.78, 5) is 12.0. The molecule has 17 heavy (non-hydrogen) atoms. The summed E-state index contributed by atoms with van der Waals surface area (Å²) in [7, 11) is 1.47. The maximum atomic E-state index is 12.0. The van der Waals surface area contributed by atoms with Crippen molar-refractivity contribution in [1.29, 1.82) is 0 Å². The highest BCUT2D eigenvalue weighted by atomic mass is 16.5. The molecule has 0 spiro atoms. The first-order chi connectivity index (χ1) is 8.20. The average Bonchev–Trinajstić information content (AvgIpc) is 2.36. The van der Waals surface area contributed by atoms with Crippen LogP contribution in [0.3, 0.4) is 0 Å². The minimum absolute atomic E-state index is 0.115. The number of carbonyl (C=O) groups excluding carboxylic acids is 1. The summed E-state index contributed by atoms with van der Waals surface area (Å²) >= 11 is 0. The monoisotopic (exact) mass is 238 g/mol. The van der Waals surface area contributed by atoms with Crippen LogP contribution in [-0.2, 0) is 9.53 Å². The van der Waals surface area contributed by atoms with Gasteiger partial charge in [-0.2, -0.15) is 0 Å². The molecule has 1 heterocycles. The van der Waals surface area contributed by atoms with Gasteiger partial charge in [-0.3, -0.25) is 0 Å². The third kappa shape index (κ3) is 3.19. The van der Waals surface area contributed by atoms with E-state index < -0.39 is 0 Å². The Morgan fingerprint density at radius 1 is 1.29 bits per heavy atom. The Hall–Kier alpha value is -1.09. The quantitative estimate of drug-likeness (QED) is 0.403. The van der Waals surface area contributed by atoms with Crippen LogP contribution < -0.4 is 0 Å². The van der Waals surface area contributed by atoms with Crippen molar-refractivity contribution in [2.45, 2.75) is 31.7 Å². The molecule has 1 fully saturated rings. The molecule has 3 nitrogen and oxygen atoms in total. The number of ether oxygens (including phenoxy) is 1. The van der Waals surface area contributed by atoms with Gasteiger partial charge in [0, 0.05) is 6.42 Å². The lowest BCUT2D eigenvalue weighted by Gasteiger charge is -2.45. The minimum atomic E-state index is -0.117. The van der Waals surface area contributed by atoms with Gasteiger partial charge >= 0.3 is 5.97 Å². The Morgan fingerprint density at radius 2 is 1.94 bits per heavy atom. The van der Waals surface area contributed by atoms with Crippen molar-refractivity contribution in [1.82, 2.24) is 0 Å². The van der Waals surface area contributed by atoms with E-state index in [1.165, 1.54) is 26.4 Å². The SMILES string of the molecule is C=CC[C@@H](C(=O)OC)[N+]1(CC=C)CCCCC1. The predicted molar refractivity (Wildman–Crippen MR) is 69.5 cm³/mol. The second-order valence-corrected chi connectivity index (χ2v) is 4.76. The van der Waals surface area contributed by atoms with Crippen molar-refractivity contribution in [2.24, 2.45) is 0 Å². The summed E-state index contributed by atoms with van der Waals surface area (Å²) in [6, 6.07) is -0.115. The summed E-state index contributed by atoms with van der Waals surface area (Å²) in [6.07, 6.45) is 8.04. The van der Waals surface area contributed by atoms with Crippen molar-refractivity contribution >= 4 is 5.97 Å². The number of carbonyl (C=O) groups is 1. The number of methoxy groups -OCH3 is 1. The second kappa shape index (κ2) is 6.60. The summed E-state index contributed by atoms with van der Waals surface area (Å²) in [5.41, 5.74) is 0. The van der Waals surface area contributed by atoms with Gasteiger partial charge in [-0.1, -0.05) is 12.7 Å². The Labute approximate surface area is 104 Å². The molecule has 0 aromatic carbocycles. The number of nitrogens with zero attached hydrogens (tertiary/aromatic N) is 1. The molecule has 0 aromatic heterocycles. The normalized spacial score (nSPS) is 20.3. The third-order valence-electron chi connectivity index (χ3n) is 3.72. The maximum Gasteiger partial charge on any atom is 0.365 e. The number of likely N-dealkylation sites (tertiary alicyclic amines) is 1. The van der Waals surface area contributed by atoms with Gasteiger partial charge in [-0.25, -0.2) is 4.79 Å². The van der Waals surface area contributed by atoms with Crippen LogP contribution in [-0.4, -0.2) is 43.2 Å². The molecule has 0 bridgehead atoms. The van der Waals surface area contributed by atoms with Crippen LogP contribution in [0.25, 0.3) is 0 Å². The van der Waals surface area contributed by atoms with Crippen molar-refractivity contribution in [2.75, 3.05) is 26.7 Å². The fourth-order valence-corrected chi connectivity index (χ4v) is 2.86. The van der Waals surface area contributed by atoms with Crippen molar-refractivity contribution < 1.29 is 14.0 Å². The first kappa shape index (κ1) is 14.0. The molecule has 3 heteroatoms. The Bertz CT molecular complexity index is 280. The number of hydrogen-bond donors (Lipinski definition) is 0. The average molecular weight is 238 g/mol. The number of quaternary nitrogens is 1. The molecule has 0 aromatic rings. The maximum absolute atomic E-state index is 12.0. The zero-order valence-electron chi connectivity index (χ0n) is 10.9. The van der Waals surface area contributed by atoms with Gasteiger partial charge in [0.25, 0.3) is 0 Å². The fourth-order valence-electron chi connectivity index (χ4n) is 2.86. The van der Waals surface area contributed by atoms with Gasteiger partial charge in [0.1, 0.15) is 0 Å². The van der Waals surface area contributed by atoms with E-state index in [2.05, 4.69) is 13.2 Å². The molecule has 0 aliphatic carbocycles. The smallest absolute Gasteiger partial charge is 0.365 e. The molecule has 1 saturated heterocycles. The van der Waals surface area contributed by atoms with E-state index in [1.807, 2.05) is 12.2 Å². The predicted octanol–water partition coefficient (Wildman–Crippen LogP) is 2.29.